The van der Waals surface area contributed by atoms with Gasteiger partial charge in [-0.25, -0.2) is 0 Å². The number of amides is 1. The highest BCUT2D eigenvalue weighted by Gasteiger charge is 2.36. The summed E-state index contributed by atoms with van der Waals surface area (Å²) in [6, 6.07) is 2.39. The quantitative estimate of drug-likeness (QED) is 0.842. The first-order valence-electron chi connectivity index (χ1n) is 7.89. The first kappa shape index (κ1) is 14.4. The fraction of sp³-hybridized carbons (Fsp3) is 0.875. The maximum absolute atomic E-state index is 12.1. The van der Waals surface area contributed by atoms with Crippen LogP contribution in [0.15, 0.2) is 0 Å². The molecular weight excluding hydrogens is 236 g/mol. The minimum atomic E-state index is -0.568. The molecule has 1 amide bonds. The molecule has 106 valence electrons. The van der Waals surface area contributed by atoms with Gasteiger partial charge in [-0.15, -0.1) is 0 Å². The standard InChI is InChI=1S/C16H26N2O/c1-2-13-7-9-16(12-17,10-8-13)18-15(19)11-14-5-3-4-6-14/h13-14H,2-11H2,1H3,(H,18,19). The Labute approximate surface area is 116 Å². The van der Waals surface area contributed by atoms with Crippen molar-refractivity contribution in [3.8, 4) is 6.07 Å². The lowest BCUT2D eigenvalue weighted by molar-refractivity contribution is -0.123. The second-order valence-corrected chi connectivity index (χ2v) is 6.45. The molecule has 1 N–H and O–H groups in total. The third-order valence-electron chi connectivity index (χ3n) is 5.08. The second kappa shape index (κ2) is 6.41. The smallest absolute Gasteiger partial charge is 0.221 e. The van der Waals surface area contributed by atoms with Crippen LogP contribution in [-0.4, -0.2) is 11.4 Å². The van der Waals surface area contributed by atoms with Crippen molar-refractivity contribution in [1.29, 1.82) is 5.26 Å². The molecule has 3 nitrogen and oxygen atoms in total. The van der Waals surface area contributed by atoms with Gasteiger partial charge in [0.15, 0.2) is 0 Å². The van der Waals surface area contributed by atoms with Crippen molar-refractivity contribution < 1.29 is 4.79 Å². The van der Waals surface area contributed by atoms with Crippen LogP contribution in [0.1, 0.15) is 71.1 Å². The first-order valence-corrected chi connectivity index (χ1v) is 7.89. The summed E-state index contributed by atoms with van der Waals surface area (Å²) in [4.78, 5) is 12.1. The largest absolute Gasteiger partial charge is 0.338 e. The van der Waals surface area contributed by atoms with E-state index in [1.54, 1.807) is 0 Å². The molecule has 2 aliphatic carbocycles. The third-order valence-corrected chi connectivity index (χ3v) is 5.08. The van der Waals surface area contributed by atoms with E-state index in [0.717, 1.165) is 31.6 Å². The first-order chi connectivity index (χ1) is 9.17. The van der Waals surface area contributed by atoms with Crippen LogP contribution in [0.2, 0.25) is 0 Å². The molecule has 0 unspecified atom stereocenters. The van der Waals surface area contributed by atoms with Crippen molar-refractivity contribution in [2.24, 2.45) is 11.8 Å². The Kier molecular flexibility index (Phi) is 4.85. The van der Waals surface area contributed by atoms with E-state index < -0.39 is 5.54 Å². The average Bonchev–Trinajstić information content (AvgIpc) is 2.92. The van der Waals surface area contributed by atoms with Gasteiger partial charge in [-0.3, -0.25) is 4.79 Å². The second-order valence-electron chi connectivity index (χ2n) is 6.45. The van der Waals surface area contributed by atoms with Gasteiger partial charge in [-0.1, -0.05) is 26.2 Å². The Morgan fingerprint density at radius 2 is 1.84 bits per heavy atom. The topological polar surface area (TPSA) is 52.9 Å². The van der Waals surface area contributed by atoms with E-state index in [2.05, 4.69) is 18.3 Å². The molecule has 0 saturated heterocycles. The number of nitrogens with zero attached hydrogens (tertiary/aromatic N) is 1. The van der Waals surface area contributed by atoms with Crippen molar-refractivity contribution in [2.45, 2.75) is 76.7 Å². The summed E-state index contributed by atoms with van der Waals surface area (Å²) < 4.78 is 0. The number of hydrogen-bond acceptors (Lipinski definition) is 2. The molecule has 0 spiro atoms. The average molecular weight is 262 g/mol. The summed E-state index contributed by atoms with van der Waals surface area (Å²) in [6.45, 7) is 2.21. The van der Waals surface area contributed by atoms with Crippen LogP contribution in [-0.2, 0) is 4.79 Å². The maximum Gasteiger partial charge on any atom is 0.221 e. The number of carbonyl (C=O) groups excluding carboxylic acids is 1. The fourth-order valence-electron chi connectivity index (χ4n) is 3.64. The van der Waals surface area contributed by atoms with E-state index >= 15 is 0 Å². The predicted octanol–water partition coefficient (Wildman–Crippen LogP) is 3.55. The van der Waals surface area contributed by atoms with Crippen LogP contribution in [0.3, 0.4) is 0 Å². The Morgan fingerprint density at radius 1 is 1.21 bits per heavy atom. The van der Waals surface area contributed by atoms with Gasteiger partial charge in [0.05, 0.1) is 6.07 Å². The lowest BCUT2D eigenvalue weighted by Gasteiger charge is -2.35. The Morgan fingerprint density at radius 3 is 2.37 bits per heavy atom. The Balaban J connectivity index is 1.84. The van der Waals surface area contributed by atoms with Gasteiger partial charge in [-0.2, -0.15) is 5.26 Å². The zero-order valence-electron chi connectivity index (χ0n) is 12.1. The lowest BCUT2D eigenvalue weighted by Crippen LogP contribution is -2.49. The molecule has 2 saturated carbocycles. The SMILES string of the molecule is CCC1CCC(C#N)(NC(=O)CC2CCCC2)CC1. The summed E-state index contributed by atoms with van der Waals surface area (Å²) in [5.74, 6) is 1.40. The van der Waals surface area contributed by atoms with Gasteiger partial charge in [-0.05, 0) is 50.4 Å². The molecular formula is C16H26N2O. The van der Waals surface area contributed by atoms with Gasteiger partial charge in [0.25, 0.3) is 0 Å². The highest BCUT2D eigenvalue weighted by Crippen LogP contribution is 2.34. The fourth-order valence-corrected chi connectivity index (χ4v) is 3.64. The van der Waals surface area contributed by atoms with E-state index in [9.17, 15) is 10.1 Å². The van der Waals surface area contributed by atoms with Crippen LogP contribution in [0, 0.1) is 23.2 Å². The number of carbonyl (C=O) groups is 1. The molecule has 0 radical (unpaired) electrons. The number of nitriles is 1. The summed E-state index contributed by atoms with van der Waals surface area (Å²) >= 11 is 0. The molecule has 2 fully saturated rings. The molecule has 0 atom stereocenters. The highest BCUT2D eigenvalue weighted by atomic mass is 16.1. The van der Waals surface area contributed by atoms with Crippen molar-refractivity contribution in [1.82, 2.24) is 5.32 Å². The van der Waals surface area contributed by atoms with Crippen molar-refractivity contribution in [2.75, 3.05) is 0 Å². The molecule has 0 aliphatic heterocycles. The molecule has 19 heavy (non-hydrogen) atoms. The van der Waals surface area contributed by atoms with Crippen molar-refractivity contribution in [3.05, 3.63) is 0 Å². The molecule has 2 aliphatic rings. The third kappa shape index (κ3) is 3.72. The van der Waals surface area contributed by atoms with E-state index in [1.165, 1.54) is 32.1 Å². The van der Waals surface area contributed by atoms with Crippen LogP contribution in [0.5, 0.6) is 0 Å². The highest BCUT2D eigenvalue weighted by molar-refractivity contribution is 5.77. The summed E-state index contributed by atoms with van der Waals surface area (Å²) in [7, 11) is 0. The van der Waals surface area contributed by atoms with E-state index in [1.807, 2.05) is 0 Å². The van der Waals surface area contributed by atoms with Gasteiger partial charge in [0.1, 0.15) is 5.54 Å². The van der Waals surface area contributed by atoms with Crippen LogP contribution < -0.4 is 5.32 Å². The zero-order chi connectivity index (χ0) is 13.7. The van der Waals surface area contributed by atoms with E-state index in [0.29, 0.717) is 12.3 Å². The molecule has 2 rings (SSSR count). The van der Waals surface area contributed by atoms with Crippen molar-refractivity contribution >= 4 is 5.91 Å². The minimum Gasteiger partial charge on any atom is -0.338 e. The zero-order valence-corrected chi connectivity index (χ0v) is 12.1. The van der Waals surface area contributed by atoms with Gasteiger partial charge in [0, 0.05) is 6.42 Å². The number of hydrogen-bond donors (Lipinski definition) is 1. The van der Waals surface area contributed by atoms with E-state index in [-0.39, 0.29) is 5.91 Å². The van der Waals surface area contributed by atoms with Crippen LogP contribution >= 0.6 is 0 Å². The van der Waals surface area contributed by atoms with Gasteiger partial charge in [0.2, 0.25) is 5.91 Å². The Hall–Kier alpha value is -1.04. The summed E-state index contributed by atoms with van der Waals surface area (Å²) in [6.07, 6.45) is 10.5. The molecule has 0 aromatic rings. The van der Waals surface area contributed by atoms with Gasteiger partial charge >= 0.3 is 0 Å². The Bertz CT molecular complexity index is 344. The molecule has 0 aromatic carbocycles. The van der Waals surface area contributed by atoms with Crippen LogP contribution in [0.25, 0.3) is 0 Å². The lowest BCUT2D eigenvalue weighted by atomic mass is 9.76. The molecule has 3 heteroatoms. The predicted molar refractivity (Wildman–Crippen MR) is 75.3 cm³/mol. The molecule has 0 aromatic heterocycles. The monoisotopic (exact) mass is 262 g/mol. The van der Waals surface area contributed by atoms with E-state index in [4.69, 9.17) is 0 Å². The maximum atomic E-state index is 12.1. The molecule has 0 bridgehead atoms. The van der Waals surface area contributed by atoms with Crippen LogP contribution in [0.4, 0.5) is 0 Å². The summed E-state index contributed by atoms with van der Waals surface area (Å²) in [5.41, 5.74) is -0.568. The summed E-state index contributed by atoms with van der Waals surface area (Å²) in [5, 5.41) is 12.5. The molecule has 0 heterocycles. The normalized spacial score (nSPS) is 31.9. The number of nitrogens with one attached hydrogen (secondary N) is 1. The van der Waals surface area contributed by atoms with Gasteiger partial charge < -0.3 is 5.32 Å². The van der Waals surface area contributed by atoms with Crippen molar-refractivity contribution in [3.63, 3.8) is 0 Å². The minimum absolute atomic E-state index is 0.100. The number of rotatable bonds is 4.